The second-order valence-electron chi connectivity index (χ2n) is 4.52. The molecule has 124 valence electrons. The van der Waals surface area contributed by atoms with Crippen molar-refractivity contribution in [2.24, 2.45) is 0 Å². The second-order valence-corrected chi connectivity index (χ2v) is 4.93. The predicted molar refractivity (Wildman–Crippen MR) is 92.4 cm³/mol. The molecule has 1 amide bonds. The van der Waals surface area contributed by atoms with Gasteiger partial charge in [0.05, 0.1) is 4.92 Å². The van der Waals surface area contributed by atoms with E-state index in [0.717, 1.165) is 0 Å². The third-order valence-corrected chi connectivity index (χ3v) is 3.18. The summed E-state index contributed by atoms with van der Waals surface area (Å²) in [6, 6.07) is 5.86. The Bertz CT molecular complexity index is 727. The van der Waals surface area contributed by atoms with Gasteiger partial charge in [0, 0.05) is 31.0 Å². The first-order chi connectivity index (χ1) is 11.4. The maximum absolute atomic E-state index is 12.3. The Balaban J connectivity index is 3.01. The third-order valence-electron chi connectivity index (χ3n) is 2.86. The average molecular weight is 347 g/mol. The Labute approximate surface area is 144 Å². The summed E-state index contributed by atoms with van der Waals surface area (Å²) in [6.45, 7) is 7.63. The van der Waals surface area contributed by atoms with Crippen molar-refractivity contribution in [1.29, 1.82) is 5.26 Å². The van der Waals surface area contributed by atoms with E-state index in [1.54, 1.807) is 6.07 Å². The molecule has 1 aromatic rings. The van der Waals surface area contributed by atoms with E-state index in [2.05, 4.69) is 18.5 Å². The van der Waals surface area contributed by atoms with E-state index < -0.39 is 10.8 Å². The van der Waals surface area contributed by atoms with E-state index in [4.69, 9.17) is 16.9 Å². The van der Waals surface area contributed by atoms with Crippen molar-refractivity contribution in [3.05, 3.63) is 70.4 Å². The van der Waals surface area contributed by atoms with Gasteiger partial charge in [0.2, 0.25) is 0 Å². The van der Waals surface area contributed by atoms with E-state index in [9.17, 15) is 14.9 Å². The summed E-state index contributed by atoms with van der Waals surface area (Å²) >= 11 is 5.73. The second kappa shape index (κ2) is 9.12. The maximum atomic E-state index is 12.3. The molecular weight excluding hydrogens is 332 g/mol. The van der Waals surface area contributed by atoms with Gasteiger partial charge in [-0.25, -0.2) is 0 Å². The summed E-state index contributed by atoms with van der Waals surface area (Å²) in [5.41, 5.74) is -0.109. The number of hydrogen-bond acceptors (Lipinski definition) is 5. The normalized spacial score (nSPS) is 10.4. The Hall–Kier alpha value is -3.11. The predicted octanol–water partition coefficient (Wildman–Crippen LogP) is 3.27. The van der Waals surface area contributed by atoms with Crippen LogP contribution in [0.15, 0.2) is 55.3 Å². The lowest BCUT2D eigenvalue weighted by molar-refractivity contribution is -0.384. The number of nitrogens with one attached hydrogen (secondary N) is 1. The van der Waals surface area contributed by atoms with E-state index >= 15 is 0 Å². The van der Waals surface area contributed by atoms with Gasteiger partial charge in [-0.2, -0.15) is 5.26 Å². The van der Waals surface area contributed by atoms with Crippen molar-refractivity contribution in [2.45, 2.75) is 0 Å². The summed E-state index contributed by atoms with van der Waals surface area (Å²) in [4.78, 5) is 23.9. The molecule has 0 unspecified atom stereocenters. The van der Waals surface area contributed by atoms with Gasteiger partial charge in [0.25, 0.3) is 11.6 Å². The van der Waals surface area contributed by atoms with E-state index in [0.29, 0.717) is 5.69 Å². The monoisotopic (exact) mass is 346 g/mol. The van der Waals surface area contributed by atoms with Gasteiger partial charge in [-0.15, -0.1) is 13.2 Å². The number of nitrogens with zero attached hydrogens (tertiary/aromatic N) is 3. The van der Waals surface area contributed by atoms with Crippen LogP contribution in [0.2, 0.25) is 5.02 Å². The summed E-state index contributed by atoms with van der Waals surface area (Å²) < 4.78 is 0. The Morgan fingerprint density at radius 3 is 2.54 bits per heavy atom. The van der Waals surface area contributed by atoms with Crippen molar-refractivity contribution in [2.75, 3.05) is 18.4 Å². The zero-order valence-corrected chi connectivity index (χ0v) is 13.5. The topological polar surface area (TPSA) is 99.3 Å². The van der Waals surface area contributed by atoms with Crippen molar-refractivity contribution in [3.8, 4) is 6.07 Å². The molecule has 1 rings (SSSR count). The molecule has 0 radical (unpaired) electrons. The molecule has 1 N–H and O–H groups in total. The van der Waals surface area contributed by atoms with E-state index in [1.807, 2.05) is 0 Å². The SMILES string of the molecule is C=CCN(CC=C)C(=O)/C(C#N)=C\Nc1ccc(Cl)c([N+](=O)[O-])c1. The molecule has 0 fully saturated rings. The minimum absolute atomic E-state index is 0.00532. The van der Waals surface area contributed by atoms with Crippen molar-refractivity contribution in [1.82, 2.24) is 4.90 Å². The molecule has 0 atom stereocenters. The molecule has 0 aliphatic rings. The number of amides is 1. The molecule has 7 nitrogen and oxygen atoms in total. The number of anilines is 1. The molecule has 0 heterocycles. The average Bonchev–Trinajstić information content (AvgIpc) is 2.56. The number of rotatable bonds is 8. The highest BCUT2D eigenvalue weighted by Crippen LogP contribution is 2.27. The molecule has 8 heteroatoms. The van der Waals surface area contributed by atoms with Gasteiger partial charge in [-0.05, 0) is 12.1 Å². The van der Waals surface area contributed by atoms with Crippen LogP contribution in [-0.2, 0) is 4.79 Å². The molecule has 0 aliphatic carbocycles. The summed E-state index contributed by atoms with van der Waals surface area (Å²) in [6.07, 6.45) is 4.26. The van der Waals surface area contributed by atoms with Crippen LogP contribution in [0.25, 0.3) is 0 Å². The fourth-order valence-electron chi connectivity index (χ4n) is 1.76. The smallest absolute Gasteiger partial charge is 0.289 e. The number of nitriles is 1. The fraction of sp³-hybridized carbons (Fsp3) is 0.125. The quantitative estimate of drug-likeness (QED) is 0.256. The third kappa shape index (κ3) is 4.97. The van der Waals surface area contributed by atoms with Crippen LogP contribution in [-0.4, -0.2) is 28.8 Å². The van der Waals surface area contributed by atoms with Gasteiger partial charge < -0.3 is 10.2 Å². The van der Waals surface area contributed by atoms with Crippen LogP contribution in [0.1, 0.15) is 0 Å². The van der Waals surface area contributed by atoms with E-state index in [1.165, 1.54) is 41.5 Å². The van der Waals surface area contributed by atoms with Crippen LogP contribution in [0, 0.1) is 21.4 Å². The minimum atomic E-state index is -0.622. The number of nitro groups is 1. The Morgan fingerprint density at radius 1 is 1.42 bits per heavy atom. The van der Waals surface area contributed by atoms with Gasteiger partial charge in [-0.3, -0.25) is 14.9 Å². The van der Waals surface area contributed by atoms with Gasteiger partial charge >= 0.3 is 0 Å². The first-order valence-corrected chi connectivity index (χ1v) is 7.14. The Kier molecular flexibility index (Phi) is 7.20. The number of hydrogen-bond donors (Lipinski definition) is 1. The first-order valence-electron chi connectivity index (χ1n) is 6.76. The molecule has 0 aromatic heterocycles. The molecule has 0 saturated heterocycles. The zero-order chi connectivity index (χ0) is 18.1. The minimum Gasteiger partial charge on any atom is -0.360 e. The molecule has 0 aliphatic heterocycles. The summed E-state index contributed by atoms with van der Waals surface area (Å²) in [7, 11) is 0. The lowest BCUT2D eigenvalue weighted by atomic mass is 10.2. The van der Waals surface area contributed by atoms with Crippen LogP contribution in [0.3, 0.4) is 0 Å². The maximum Gasteiger partial charge on any atom is 0.289 e. The standard InChI is InChI=1S/C16H15ClN4O3/c1-3-7-20(8-4-2)16(22)12(10-18)11-19-13-5-6-14(17)15(9-13)21(23)24/h3-6,9,11,19H,1-2,7-8H2/b12-11-. The van der Waals surface area contributed by atoms with E-state index in [-0.39, 0.29) is 29.4 Å². The van der Waals surface area contributed by atoms with Crippen molar-refractivity contribution < 1.29 is 9.72 Å². The number of carbonyl (C=O) groups is 1. The van der Waals surface area contributed by atoms with Crippen LogP contribution < -0.4 is 5.32 Å². The highest BCUT2D eigenvalue weighted by atomic mass is 35.5. The molecule has 1 aromatic carbocycles. The first kappa shape index (κ1) is 18.9. The molecule has 0 saturated carbocycles. The van der Waals surface area contributed by atoms with Crippen LogP contribution in [0.4, 0.5) is 11.4 Å². The molecule has 0 bridgehead atoms. The van der Waals surface area contributed by atoms with Gasteiger partial charge in [0.15, 0.2) is 0 Å². The highest BCUT2D eigenvalue weighted by molar-refractivity contribution is 6.32. The fourth-order valence-corrected chi connectivity index (χ4v) is 1.95. The molecule has 24 heavy (non-hydrogen) atoms. The van der Waals surface area contributed by atoms with Crippen LogP contribution in [0.5, 0.6) is 0 Å². The lowest BCUT2D eigenvalue weighted by Crippen LogP contribution is -2.32. The van der Waals surface area contributed by atoms with Crippen molar-refractivity contribution in [3.63, 3.8) is 0 Å². The van der Waals surface area contributed by atoms with Crippen LogP contribution >= 0.6 is 11.6 Å². The summed E-state index contributed by atoms with van der Waals surface area (Å²) in [5, 5.41) is 22.7. The largest absolute Gasteiger partial charge is 0.360 e. The number of nitro benzene ring substituents is 1. The molecular formula is C16H15ClN4O3. The number of benzene rings is 1. The Morgan fingerprint density at radius 2 is 2.04 bits per heavy atom. The summed E-state index contributed by atoms with van der Waals surface area (Å²) in [5.74, 6) is -0.506. The number of halogens is 1. The highest BCUT2D eigenvalue weighted by Gasteiger charge is 2.17. The molecule has 0 spiro atoms. The number of carbonyl (C=O) groups excluding carboxylic acids is 1. The zero-order valence-electron chi connectivity index (χ0n) is 12.7. The van der Waals surface area contributed by atoms with Gasteiger partial charge in [-0.1, -0.05) is 23.8 Å². The lowest BCUT2D eigenvalue weighted by Gasteiger charge is -2.18. The van der Waals surface area contributed by atoms with Crippen molar-refractivity contribution >= 4 is 28.9 Å². The van der Waals surface area contributed by atoms with Gasteiger partial charge in [0.1, 0.15) is 16.7 Å².